The molecule has 1 aromatic carbocycles. The number of imide groups is 1. The van der Waals surface area contributed by atoms with Crippen LogP contribution in [0.15, 0.2) is 35.4 Å². The van der Waals surface area contributed by atoms with Gasteiger partial charge in [-0.25, -0.2) is 4.79 Å². The molecule has 21 heavy (non-hydrogen) atoms. The Bertz CT molecular complexity index is 665. The maximum Gasteiger partial charge on any atom is 0.335 e. The van der Waals surface area contributed by atoms with Crippen LogP contribution in [0.3, 0.4) is 0 Å². The Kier molecular flexibility index (Phi) is 3.29. The highest BCUT2D eigenvalue weighted by Gasteiger charge is 2.48. The highest BCUT2D eigenvalue weighted by Crippen LogP contribution is 2.40. The highest BCUT2D eigenvalue weighted by molar-refractivity contribution is 6.30. The van der Waals surface area contributed by atoms with Crippen molar-refractivity contribution in [3.05, 3.63) is 40.9 Å². The number of rotatable bonds is 2. The largest absolute Gasteiger partial charge is 0.478 e. The zero-order valence-corrected chi connectivity index (χ0v) is 11.7. The average Bonchev–Trinajstić information content (AvgIpc) is 2.70. The van der Waals surface area contributed by atoms with E-state index in [9.17, 15) is 14.4 Å². The molecular formula is C15H12ClNO4. The molecule has 0 saturated carbocycles. The van der Waals surface area contributed by atoms with Crippen LogP contribution in [0, 0.1) is 11.8 Å². The van der Waals surface area contributed by atoms with E-state index in [4.69, 9.17) is 16.7 Å². The van der Waals surface area contributed by atoms with Crippen LogP contribution in [0.1, 0.15) is 23.2 Å². The lowest BCUT2D eigenvalue weighted by Crippen LogP contribution is -2.30. The molecule has 1 aliphatic carbocycles. The second-order valence-electron chi connectivity index (χ2n) is 5.17. The normalized spacial score (nSPS) is 24.8. The Labute approximate surface area is 125 Å². The fraction of sp³-hybridized carbons (Fsp3) is 0.267. The molecule has 3 rings (SSSR count). The van der Waals surface area contributed by atoms with Crippen molar-refractivity contribution >= 4 is 35.1 Å². The van der Waals surface area contributed by atoms with Crippen LogP contribution in [0.4, 0.5) is 5.69 Å². The summed E-state index contributed by atoms with van der Waals surface area (Å²) in [6, 6.07) is 5.72. The molecule has 5 nitrogen and oxygen atoms in total. The van der Waals surface area contributed by atoms with Crippen LogP contribution in [0.5, 0.6) is 0 Å². The summed E-state index contributed by atoms with van der Waals surface area (Å²) in [5.74, 6) is -2.33. The van der Waals surface area contributed by atoms with Crippen molar-refractivity contribution in [2.45, 2.75) is 12.8 Å². The van der Waals surface area contributed by atoms with Gasteiger partial charge in [0.2, 0.25) is 11.8 Å². The monoisotopic (exact) mass is 305 g/mol. The number of anilines is 1. The quantitative estimate of drug-likeness (QED) is 0.851. The van der Waals surface area contributed by atoms with Crippen molar-refractivity contribution in [3.8, 4) is 0 Å². The smallest absolute Gasteiger partial charge is 0.335 e. The van der Waals surface area contributed by atoms with E-state index in [-0.39, 0.29) is 23.3 Å². The van der Waals surface area contributed by atoms with E-state index in [1.807, 2.05) is 0 Å². The molecule has 0 spiro atoms. The standard InChI is InChI=1S/C15H12ClNO4/c16-9-3-6-11-12(7-9)14(19)17(13(11)18)10-4-1-8(2-5-10)15(20)21/h1-5,11-12H,6-7H2,(H,20,21)/t11-,12+/m0/s1. The minimum absolute atomic E-state index is 0.111. The molecule has 108 valence electrons. The van der Waals surface area contributed by atoms with Crippen LogP contribution in [0.25, 0.3) is 0 Å². The van der Waals surface area contributed by atoms with Gasteiger partial charge >= 0.3 is 5.97 Å². The van der Waals surface area contributed by atoms with E-state index < -0.39 is 11.9 Å². The summed E-state index contributed by atoms with van der Waals surface area (Å²) in [4.78, 5) is 36.8. The topological polar surface area (TPSA) is 74.7 Å². The molecule has 0 radical (unpaired) electrons. The molecule has 1 aromatic rings. The number of carboxylic acid groups (broad SMARTS) is 1. The van der Waals surface area contributed by atoms with Gasteiger partial charge in [0.1, 0.15) is 0 Å². The van der Waals surface area contributed by atoms with Crippen molar-refractivity contribution in [2.75, 3.05) is 4.90 Å². The summed E-state index contributed by atoms with van der Waals surface area (Å²) in [5.41, 5.74) is 0.514. The van der Waals surface area contributed by atoms with E-state index >= 15 is 0 Å². The van der Waals surface area contributed by atoms with Crippen LogP contribution < -0.4 is 4.90 Å². The predicted molar refractivity (Wildman–Crippen MR) is 76.0 cm³/mol. The van der Waals surface area contributed by atoms with Gasteiger partial charge in [0, 0.05) is 5.03 Å². The minimum atomic E-state index is -1.05. The number of benzene rings is 1. The van der Waals surface area contributed by atoms with Crippen molar-refractivity contribution in [1.82, 2.24) is 0 Å². The van der Waals surface area contributed by atoms with Gasteiger partial charge in [-0.2, -0.15) is 0 Å². The van der Waals surface area contributed by atoms with Crippen LogP contribution in [0.2, 0.25) is 0 Å². The molecule has 2 aliphatic rings. The number of halogens is 1. The fourth-order valence-corrected chi connectivity index (χ4v) is 3.09. The number of carbonyl (C=O) groups excluding carboxylic acids is 2. The van der Waals surface area contributed by atoms with Gasteiger partial charge in [-0.3, -0.25) is 14.5 Å². The molecule has 0 unspecified atom stereocenters. The van der Waals surface area contributed by atoms with Crippen molar-refractivity contribution in [2.24, 2.45) is 11.8 Å². The van der Waals surface area contributed by atoms with Gasteiger partial charge in [0.05, 0.1) is 23.1 Å². The van der Waals surface area contributed by atoms with Crippen molar-refractivity contribution < 1.29 is 19.5 Å². The predicted octanol–water partition coefficient (Wildman–Crippen LogP) is 2.41. The molecule has 1 aliphatic heterocycles. The molecule has 1 saturated heterocycles. The summed E-state index contributed by atoms with van der Waals surface area (Å²) in [5, 5.41) is 9.49. The average molecular weight is 306 g/mol. The number of aromatic carboxylic acids is 1. The first-order valence-electron chi connectivity index (χ1n) is 6.54. The molecule has 1 N–H and O–H groups in total. The number of fused-ring (bicyclic) bond motifs is 1. The second-order valence-corrected chi connectivity index (χ2v) is 5.65. The van der Waals surface area contributed by atoms with Gasteiger partial charge in [0.25, 0.3) is 0 Å². The van der Waals surface area contributed by atoms with Gasteiger partial charge in [-0.05, 0) is 37.1 Å². The van der Waals surface area contributed by atoms with E-state index in [1.54, 1.807) is 6.08 Å². The lowest BCUT2D eigenvalue weighted by molar-refractivity contribution is -0.122. The van der Waals surface area contributed by atoms with Crippen LogP contribution in [-0.4, -0.2) is 22.9 Å². The summed E-state index contributed by atoms with van der Waals surface area (Å²) in [6.45, 7) is 0. The number of amides is 2. The Balaban J connectivity index is 1.91. The first-order chi connectivity index (χ1) is 9.99. The highest BCUT2D eigenvalue weighted by atomic mass is 35.5. The third kappa shape index (κ3) is 2.23. The number of carbonyl (C=O) groups is 3. The summed E-state index contributed by atoms with van der Waals surface area (Å²) >= 11 is 5.96. The first-order valence-corrected chi connectivity index (χ1v) is 6.92. The number of allylic oxidation sites excluding steroid dienone is 2. The van der Waals surface area contributed by atoms with Crippen LogP contribution >= 0.6 is 11.6 Å². The Morgan fingerprint density at radius 3 is 2.38 bits per heavy atom. The molecular weight excluding hydrogens is 294 g/mol. The van der Waals surface area contributed by atoms with E-state index in [0.29, 0.717) is 23.6 Å². The van der Waals surface area contributed by atoms with Crippen molar-refractivity contribution in [1.29, 1.82) is 0 Å². The summed E-state index contributed by atoms with van der Waals surface area (Å²) in [7, 11) is 0. The fourth-order valence-electron chi connectivity index (χ4n) is 2.83. The number of hydrogen-bond acceptors (Lipinski definition) is 3. The van der Waals surface area contributed by atoms with Crippen LogP contribution in [-0.2, 0) is 9.59 Å². The maximum absolute atomic E-state index is 12.4. The zero-order valence-electron chi connectivity index (χ0n) is 11.0. The van der Waals surface area contributed by atoms with Crippen molar-refractivity contribution in [3.63, 3.8) is 0 Å². The van der Waals surface area contributed by atoms with E-state index in [0.717, 1.165) is 4.90 Å². The van der Waals surface area contributed by atoms with E-state index in [1.165, 1.54) is 24.3 Å². The number of carboxylic acids is 1. The molecule has 0 bridgehead atoms. The van der Waals surface area contributed by atoms with Gasteiger partial charge in [0.15, 0.2) is 0 Å². The summed E-state index contributed by atoms with van der Waals surface area (Å²) in [6.07, 6.45) is 2.64. The molecule has 1 heterocycles. The third-order valence-electron chi connectivity index (χ3n) is 3.94. The zero-order chi connectivity index (χ0) is 15.1. The Morgan fingerprint density at radius 1 is 1.14 bits per heavy atom. The third-order valence-corrected chi connectivity index (χ3v) is 4.25. The molecule has 0 aromatic heterocycles. The number of hydrogen-bond donors (Lipinski definition) is 1. The van der Waals surface area contributed by atoms with Gasteiger partial charge < -0.3 is 5.11 Å². The molecule has 2 atom stereocenters. The Morgan fingerprint density at radius 2 is 1.76 bits per heavy atom. The SMILES string of the molecule is O=C(O)c1ccc(N2C(=O)[C@H]3CC=C(Cl)C[C@H]3C2=O)cc1. The second kappa shape index (κ2) is 5.00. The maximum atomic E-state index is 12.4. The first kappa shape index (κ1) is 13.8. The minimum Gasteiger partial charge on any atom is -0.478 e. The van der Waals surface area contributed by atoms with E-state index in [2.05, 4.69) is 0 Å². The Hall–Kier alpha value is -2.14. The summed E-state index contributed by atoms with van der Waals surface area (Å²) < 4.78 is 0. The molecule has 6 heteroatoms. The van der Waals surface area contributed by atoms with Gasteiger partial charge in [-0.15, -0.1) is 0 Å². The molecule has 1 fully saturated rings. The van der Waals surface area contributed by atoms with Gasteiger partial charge in [-0.1, -0.05) is 17.7 Å². The molecule has 2 amide bonds. The lowest BCUT2D eigenvalue weighted by atomic mass is 9.85. The number of nitrogens with zero attached hydrogens (tertiary/aromatic N) is 1. The lowest BCUT2D eigenvalue weighted by Gasteiger charge is -2.17.